The number of amides is 2. The van der Waals surface area contributed by atoms with Gasteiger partial charge in [0, 0.05) is 13.1 Å². The lowest BCUT2D eigenvalue weighted by atomic mass is 10.1. The minimum absolute atomic E-state index is 0.104. The first-order chi connectivity index (χ1) is 15.0. The van der Waals surface area contributed by atoms with E-state index in [9.17, 15) is 31.2 Å². The van der Waals surface area contributed by atoms with Gasteiger partial charge in [0.1, 0.15) is 0 Å². The van der Waals surface area contributed by atoms with E-state index < -0.39 is 33.6 Å². The molecule has 0 atom stereocenters. The number of nitrogens with zero attached hydrogens (tertiary/aromatic N) is 2. The van der Waals surface area contributed by atoms with Crippen LogP contribution in [0.5, 0.6) is 0 Å². The van der Waals surface area contributed by atoms with Crippen molar-refractivity contribution in [1.82, 2.24) is 4.90 Å². The fourth-order valence-corrected chi connectivity index (χ4v) is 4.53. The van der Waals surface area contributed by atoms with E-state index in [4.69, 9.17) is 0 Å². The molecular formula is C21H21F3N2O5S. The number of anilines is 1. The van der Waals surface area contributed by atoms with Gasteiger partial charge in [0.05, 0.1) is 42.0 Å². The summed E-state index contributed by atoms with van der Waals surface area (Å²) in [5.41, 5.74) is -0.585. The Kier molecular flexibility index (Phi) is 6.77. The second-order valence-corrected chi connectivity index (χ2v) is 9.51. The van der Waals surface area contributed by atoms with Gasteiger partial charge in [0.2, 0.25) is 0 Å². The molecule has 2 aromatic rings. The standard InChI is InChI=1S/C21H21F3N2O5S/c1-31-19(27)16-8-6-15(7-9-16)14-26(18-5-3-2-4-17(18)21(22,23)24)20(28)25-10-12-32(29,30)13-11-25/h2-9H,10-14H2,1H3. The molecule has 1 heterocycles. The zero-order chi connectivity index (χ0) is 23.5. The first-order valence-electron chi connectivity index (χ1n) is 9.62. The Bertz CT molecular complexity index is 1090. The number of para-hydroxylation sites is 1. The molecule has 0 radical (unpaired) electrons. The molecule has 0 aromatic heterocycles. The fourth-order valence-electron chi connectivity index (χ4n) is 3.33. The first-order valence-corrected chi connectivity index (χ1v) is 11.4. The molecule has 2 amide bonds. The topological polar surface area (TPSA) is 84.0 Å². The zero-order valence-corrected chi connectivity index (χ0v) is 17.9. The molecule has 0 spiro atoms. The number of alkyl halides is 3. The van der Waals surface area contributed by atoms with Crippen LogP contribution in [-0.2, 0) is 27.3 Å². The molecule has 172 valence electrons. The summed E-state index contributed by atoms with van der Waals surface area (Å²) in [6.45, 7) is -0.420. The van der Waals surface area contributed by atoms with Crippen LogP contribution >= 0.6 is 0 Å². The predicted octanol–water partition coefficient (Wildman–Crippen LogP) is 3.35. The van der Waals surface area contributed by atoms with Crippen molar-refractivity contribution in [2.45, 2.75) is 12.7 Å². The Balaban J connectivity index is 1.97. The number of halogens is 3. The summed E-state index contributed by atoms with van der Waals surface area (Å²) >= 11 is 0. The summed E-state index contributed by atoms with van der Waals surface area (Å²) in [6.07, 6.45) is -4.70. The molecule has 0 saturated carbocycles. The van der Waals surface area contributed by atoms with Crippen LogP contribution in [0.4, 0.5) is 23.7 Å². The number of urea groups is 1. The summed E-state index contributed by atoms with van der Waals surface area (Å²) in [4.78, 5) is 27.1. The lowest BCUT2D eigenvalue weighted by Gasteiger charge is -2.34. The third-order valence-corrected chi connectivity index (χ3v) is 6.67. The molecule has 32 heavy (non-hydrogen) atoms. The molecule has 1 aliphatic heterocycles. The maximum atomic E-state index is 13.7. The van der Waals surface area contributed by atoms with E-state index in [1.807, 2.05) is 0 Å². The lowest BCUT2D eigenvalue weighted by Crippen LogP contribution is -2.50. The Morgan fingerprint density at radius 3 is 2.19 bits per heavy atom. The van der Waals surface area contributed by atoms with Gasteiger partial charge in [-0.15, -0.1) is 0 Å². The van der Waals surface area contributed by atoms with Crippen LogP contribution in [0.2, 0.25) is 0 Å². The number of sulfone groups is 1. The zero-order valence-electron chi connectivity index (χ0n) is 17.1. The van der Waals surface area contributed by atoms with Crippen LogP contribution in [0.1, 0.15) is 21.5 Å². The van der Waals surface area contributed by atoms with Gasteiger partial charge in [0.25, 0.3) is 0 Å². The highest BCUT2D eigenvalue weighted by atomic mass is 32.2. The Morgan fingerprint density at radius 2 is 1.62 bits per heavy atom. The number of rotatable bonds is 4. The highest BCUT2D eigenvalue weighted by Gasteiger charge is 2.37. The number of benzene rings is 2. The third-order valence-electron chi connectivity index (χ3n) is 5.06. The minimum atomic E-state index is -4.70. The monoisotopic (exact) mass is 470 g/mol. The van der Waals surface area contributed by atoms with Gasteiger partial charge in [-0.05, 0) is 29.8 Å². The summed E-state index contributed by atoms with van der Waals surface area (Å²) < 4.78 is 69.0. The molecular weight excluding hydrogens is 449 g/mol. The largest absolute Gasteiger partial charge is 0.465 e. The van der Waals surface area contributed by atoms with Gasteiger partial charge in [-0.25, -0.2) is 18.0 Å². The van der Waals surface area contributed by atoms with Crippen molar-refractivity contribution in [1.29, 1.82) is 0 Å². The highest BCUT2D eigenvalue weighted by molar-refractivity contribution is 7.91. The van der Waals surface area contributed by atoms with E-state index in [2.05, 4.69) is 4.74 Å². The molecule has 0 bridgehead atoms. The molecule has 7 nitrogen and oxygen atoms in total. The summed E-state index contributed by atoms with van der Waals surface area (Å²) in [5.74, 6) is -1.07. The molecule has 1 fully saturated rings. The first kappa shape index (κ1) is 23.6. The summed E-state index contributed by atoms with van der Waals surface area (Å²) in [5, 5.41) is 0. The normalized spacial score (nSPS) is 15.8. The molecule has 0 N–H and O–H groups in total. The Morgan fingerprint density at radius 1 is 1.03 bits per heavy atom. The van der Waals surface area contributed by atoms with Crippen molar-refractivity contribution in [3.05, 3.63) is 65.2 Å². The van der Waals surface area contributed by atoms with Gasteiger partial charge in [0.15, 0.2) is 9.84 Å². The number of hydrogen-bond donors (Lipinski definition) is 0. The van der Waals surface area contributed by atoms with E-state index in [0.29, 0.717) is 5.56 Å². The average molecular weight is 470 g/mol. The average Bonchev–Trinajstić information content (AvgIpc) is 2.76. The van der Waals surface area contributed by atoms with E-state index in [0.717, 1.165) is 11.0 Å². The second kappa shape index (κ2) is 9.19. The van der Waals surface area contributed by atoms with Gasteiger partial charge in [-0.1, -0.05) is 24.3 Å². The number of ether oxygens (including phenoxy) is 1. The van der Waals surface area contributed by atoms with Crippen molar-refractivity contribution in [2.75, 3.05) is 36.6 Å². The smallest absolute Gasteiger partial charge is 0.418 e. The predicted molar refractivity (Wildman–Crippen MR) is 111 cm³/mol. The van der Waals surface area contributed by atoms with Crippen LogP contribution in [0.3, 0.4) is 0 Å². The van der Waals surface area contributed by atoms with Crippen LogP contribution in [0, 0.1) is 0 Å². The van der Waals surface area contributed by atoms with Crippen LogP contribution in [-0.4, -0.2) is 57.0 Å². The van der Waals surface area contributed by atoms with Crippen molar-refractivity contribution >= 4 is 27.5 Å². The van der Waals surface area contributed by atoms with Crippen molar-refractivity contribution < 1.29 is 35.9 Å². The maximum Gasteiger partial charge on any atom is 0.418 e. The van der Waals surface area contributed by atoms with Crippen LogP contribution in [0.25, 0.3) is 0 Å². The SMILES string of the molecule is COC(=O)c1ccc(CN(C(=O)N2CCS(=O)(=O)CC2)c2ccccc2C(F)(F)F)cc1. The molecule has 1 aliphatic rings. The van der Waals surface area contributed by atoms with Crippen molar-refractivity contribution in [3.63, 3.8) is 0 Å². The van der Waals surface area contributed by atoms with Crippen LogP contribution in [0.15, 0.2) is 48.5 Å². The lowest BCUT2D eigenvalue weighted by molar-refractivity contribution is -0.137. The molecule has 2 aromatic carbocycles. The van der Waals surface area contributed by atoms with Crippen molar-refractivity contribution in [2.24, 2.45) is 0 Å². The summed E-state index contributed by atoms with van der Waals surface area (Å²) in [7, 11) is -2.06. The van der Waals surface area contributed by atoms with Gasteiger partial charge >= 0.3 is 18.2 Å². The van der Waals surface area contributed by atoms with E-state index in [-0.39, 0.29) is 42.4 Å². The van der Waals surface area contributed by atoms with Gasteiger partial charge in [-0.2, -0.15) is 13.2 Å². The van der Waals surface area contributed by atoms with E-state index in [1.54, 1.807) is 0 Å². The fraction of sp³-hybridized carbons (Fsp3) is 0.333. The summed E-state index contributed by atoms with van der Waals surface area (Å²) in [6, 6.07) is 9.92. The third kappa shape index (κ3) is 5.39. The molecule has 0 unspecified atom stereocenters. The van der Waals surface area contributed by atoms with Crippen molar-refractivity contribution in [3.8, 4) is 0 Å². The number of carbonyl (C=O) groups excluding carboxylic acids is 2. The molecule has 11 heteroatoms. The number of methoxy groups -OCH3 is 1. The number of carbonyl (C=O) groups is 2. The van der Waals surface area contributed by atoms with Crippen LogP contribution < -0.4 is 4.90 Å². The van der Waals surface area contributed by atoms with Gasteiger partial charge < -0.3 is 9.64 Å². The number of esters is 1. The minimum Gasteiger partial charge on any atom is -0.465 e. The Hall–Kier alpha value is -3.08. The van der Waals surface area contributed by atoms with E-state index in [1.165, 1.54) is 54.5 Å². The molecule has 1 saturated heterocycles. The van der Waals surface area contributed by atoms with E-state index >= 15 is 0 Å². The quantitative estimate of drug-likeness (QED) is 0.640. The second-order valence-electron chi connectivity index (χ2n) is 7.21. The maximum absolute atomic E-state index is 13.7. The van der Waals surface area contributed by atoms with Gasteiger partial charge in [-0.3, -0.25) is 4.90 Å². The molecule has 3 rings (SSSR count). The Labute approximate surface area is 183 Å². The highest BCUT2D eigenvalue weighted by Crippen LogP contribution is 2.37. The molecule has 0 aliphatic carbocycles. The number of hydrogen-bond acceptors (Lipinski definition) is 5.